The van der Waals surface area contributed by atoms with Gasteiger partial charge < -0.3 is 20.2 Å². The number of pyridine rings is 1. The lowest BCUT2D eigenvalue weighted by Gasteiger charge is -2.42. The van der Waals surface area contributed by atoms with Gasteiger partial charge in [-0.15, -0.1) is 0 Å². The number of carbonyl (C=O) groups excluding carboxylic acids is 2. The zero-order chi connectivity index (χ0) is 18.2. The van der Waals surface area contributed by atoms with E-state index >= 15 is 0 Å². The molecule has 0 bridgehead atoms. The minimum absolute atomic E-state index is 0.0310. The number of carboxylic acid groups (broad SMARTS) is 1. The third-order valence-electron chi connectivity index (χ3n) is 5.12. The van der Waals surface area contributed by atoms with Gasteiger partial charge in [-0.3, -0.25) is 14.4 Å². The quantitative estimate of drug-likeness (QED) is 0.818. The number of nitrogens with one attached hydrogen (secondary N) is 1. The van der Waals surface area contributed by atoms with Crippen molar-refractivity contribution in [3.8, 4) is 0 Å². The van der Waals surface area contributed by atoms with E-state index < -0.39 is 17.4 Å². The highest BCUT2D eigenvalue weighted by Gasteiger charge is 2.51. The second-order valence-electron chi connectivity index (χ2n) is 6.86. The lowest BCUT2D eigenvalue weighted by Crippen LogP contribution is -2.56. The Bertz CT molecular complexity index is 710. The van der Waals surface area contributed by atoms with Gasteiger partial charge in [-0.1, -0.05) is 0 Å². The first-order valence-electron chi connectivity index (χ1n) is 8.29. The molecule has 134 valence electrons. The minimum Gasteiger partial charge on any atom is -0.481 e. The predicted molar refractivity (Wildman–Crippen MR) is 90.3 cm³/mol. The summed E-state index contributed by atoms with van der Waals surface area (Å²) in [5, 5.41) is 12.3. The normalized spacial score (nSPS) is 21.9. The molecule has 0 radical (unpaired) electrons. The summed E-state index contributed by atoms with van der Waals surface area (Å²) in [5.74, 6) is -1.36. The standard InChI is InChI=1S/C17H22N4O4/c1-20(2)15(23)11-4-3-7-18-14(11)21-8-5-17(6-9-21)12(16(24)25)10-13(22)19-17/h3-4,7,12H,5-6,8-10H2,1-2H3,(H,19,22)(H,24,25). The van der Waals surface area contributed by atoms with Gasteiger partial charge in [-0.05, 0) is 25.0 Å². The third-order valence-corrected chi connectivity index (χ3v) is 5.12. The van der Waals surface area contributed by atoms with Crippen LogP contribution >= 0.6 is 0 Å². The van der Waals surface area contributed by atoms with E-state index in [9.17, 15) is 19.5 Å². The number of aromatic nitrogens is 1. The fourth-order valence-corrected chi connectivity index (χ4v) is 3.77. The molecule has 1 unspecified atom stereocenters. The molecular weight excluding hydrogens is 324 g/mol. The molecule has 0 aliphatic carbocycles. The molecule has 2 fully saturated rings. The van der Waals surface area contributed by atoms with Gasteiger partial charge in [0.25, 0.3) is 5.91 Å². The van der Waals surface area contributed by atoms with Crippen LogP contribution in [0.4, 0.5) is 5.82 Å². The van der Waals surface area contributed by atoms with Gasteiger partial charge in [-0.25, -0.2) is 4.98 Å². The number of carbonyl (C=O) groups is 3. The second-order valence-corrected chi connectivity index (χ2v) is 6.86. The third kappa shape index (κ3) is 3.04. The summed E-state index contributed by atoms with van der Waals surface area (Å²) in [5.41, 5.74) is -0.173. The van der Waals surface area contributed by atoms with E-state index in [4.69, 9.17) is 0 Å². The Kier molecular flexibility index (Phi) is 4.36. The monoisotopic (exact) mass is 346 g/mol. The molecule has 8 nitrogen and oxygen atoms in total. The molecule has 2 saturated heterocycles. The number of carboxylic acids is 1. The van der Waals surface area contributed by atoms with Crippen LogP contribution in [0.15, 0.2) is 18.3 Å². The van der Waals surface area contributed by atoms with Crippen LogP contribution in [0.3, 0.4) is 0 Å². The summed E-state index contributed by atoms with van der Waals surface area (Å²) in [7, 11) is 3.38. The summed E-state index contributed by atoms with van der Waals surface area (Å²) in [6.07, 6.45) is 2.70. The molecule has 3 heterocycles. The number of aliphatic carboxylic acids is 1. The fraction of sp³-hybridized carbons (Fsp3) is 0.529. The van der Waals surface area contributed by atoms with Crippen LogP contribution in [-0.4, -0.2) is 65.5 Å². The number of piperidine rings is 1. The van der Waals surface area contributed by atoms with Crippen molar-refractivity contribution in [3.05, 3.63) is 23.9 Å². The molecule has 1 aromatic rings. The Morgan fingerprint density at radius 2 is 2.04 bits per heavy atom. The summed E-state index contributed by atoms with van der Waals surface area (Å²) in [4.78, 5) is 43.5. The Hall–Kier alpha value is -2.64. The lowest BCUT2D eigenvalue weighted by molar-refractivity contribution is -0.144. The summed E-state index contributed by atoms with van der Waals surface area (Å²) >= 11 is 0. The van der Waals surface area contributed by atoms with Gasteiger partial charge in [0.1, 0.15) is 5.82 Å². The first-order valence-corrected chi connectivity index (χ1v) is 8.29. The number of rotatable bonds is 3. The van der Waals surface area contributed by atoms with Crippen LogP contribution in [0, 0.1) is 5.92 Å². The average Bonchev–Trinajstić information content (AvgIpc) is 2.91. The molecule has 0 aromatic carbocycles. The zero-order valence-electron chi connectivity index (χ0n) is 14.4. The van der Waals surface area contributed by atoms with E-state index in [0.29, 0.717) is 37.3 Å². The van der Waals surface area contributed by atoms with Crippen LogP contribution < -0.4 is 10.2 Å². The van der Waals surface area contributed by atoms with E-state index in [2.05, 4.69) is 10.3 Å². The molecule has 1 atom stereocenters. The van der Waals surface area contributed by atoms with E-state index in [-0.39, 0.29) is 18.2 Å². The van der Waals surface area contributed by atoms with Crippen molar-refractivity contribution in [1.82, 2.24) is 15.2 Å². The van der Waals surface area contributed by atoms with Gasteiger partial charge in [0.2, 0.25) is 5.91 Å². The van der Waals surface area contributed by atoms with Crippen LogP contribution in [0.5, 0.6) is 0 Å². The van der Waals surface area contributed by atoms with Crippen molar-refractivity contribution in [2.75, 3.05) is 32.1 Å². The molecule has 1 aromatic heterocycles. The molecule has 1 spiro atoms. The molecule has 2 aliphatic rings. The maximum Gasteiger partial charge on any atom is 0.309 e. The smallest absolute Gasteiger partial charge is 0.309 e. The van der Waals surface area contributed by atoms with Gasteiger partial charge in [0.15, 0.2) is 0 Å². The zero-order valence-corrected chi connectivity index (χ0v) is 14.4. The minimum atomic E-state index is -0.937. The van der Waals surface area contributed by atoms with Crippen molar-refractivity contribution >= 4 is 23.6 Å². The highest BCUT2D eigenvalue weighted by molar-refractivity contribution is 5.98. The van der Waals surface area contributed by atoms with Crippen LogP contribution in [0.2, 0.25) is 0 Å². The van der Waals surface area contributed by atoms with Gasteiger partial charge in [-0.2, -0.15) is 0 Å². The first-order chi connectivity index (χ1) is 11.8. The molecule has 2 N–H and O–H groups in total. The molecule has 25 heavy (non-hydrogen) atoms. The van der Waals surface area contributed by atoms with Gasteiger partial charge in [0.05, 0.1) is 17.0 Å². The largest absolute Gasteiger partial charge is 0.481 e. The SMILES string of the molecule is CN(C)C(=O)c1cccnc1N1CCC2(CC1)NC(=O)CC2C(=O)O. The maximum absolute atomic E-state index is 12.4. The number of nitrogens with zero attached hydrogens (tertiary/aromatic N) is 3. The summed E-state index contributed by atoms with van der Waals surface area (Å²) < 4.78 is 0. The molecule has 8 heteroatoms. The number of hydrogen-bond acceptors (Lipinski definition) is 5. The van der Waals surface area contributed by atoms with E-state index in [1.807, 2.05) is 4.90 Å². The van der Waals surface area contributed by atoms with Crippen molar-refractivity contribution < 1.29 is 19.5 Å². The Morgan fingerprint density at radius 3 is 2.64 bits per heavy atom. The summed E-state index contributed by atoms with van der Waals surface area (Å²) in [6.45, 7) is 1.07. The van der Waals surface area contributed by atoms with Gasteiger partial charge >= 0.3 is 5.97 Å². The Morgan fingerprint density at radius 1 is 1.36 bits per heavy atom. The van der Waals surface area contributed by atoms with Crippen molar-refractivity contribution in [2.45, 2.75) is 24.8 Å². The van der Waals surface area contributed by atoms with E-state index in [1.165, 1.54) is 4.90 Å². The number of hydrogen-bond donors (Lipinski definition) is 2. The molecule has 2 aliphatic heterocycles. The first kappa shape index (κ1) is 17.2. The molecule has 3 rings (SSSR count). The lowest BCUT2D eigenvalue weighted by atomic mass is 9.77. The van der Waals surface area contributed by atoms with Crippen LogP contribution in [-0.2, 0) is 9.59 Å². The maximum atomic E-state index is 12.4. The van der Waals surface area contributed by atoms with Crippen LogP contribution in [0.1, 0.15) is 29.6 Å². The topological polar surface area (TPSA) is 103 Å². The van der Waals surface area contributed by atoms with Gasteiger partial charge in [0, 0.05) is 39.8 Å². The van der Waals surface area contributed by atoms with Crippen molar-refractivity contribution in [3.63, 3.8) is 0 Å². The summed E-state index contributed by atoms with van der Waals surface area (Å²) in [6, 6.07) is 3.47. The highest BCUT2D eigenvalue weighted by Crippen LogP contribution is 2.38. The number of amides is 2. The number of anilines is 1. The molecule has 0 saturated carbocycles. The molecular formula is C17H22N4O4. The van der Waals surface area contributed by atoms with Crippen molar-refractivity contribution in [1.29, 1.82) is 0 Å². The fourth-order valence-electron chi connectivity index (χ4n) is 3.77. The highest BCUT2D eigenvalue weighted by atomic mass is 16.4. The molecule has 2 amide bonds. The van der Waals surface area contributed by atoms with E-state index in [1.54, 1.807) is 32.4 Å². The predicted octanol–water partition coefficient (Wildman–Crippen LogP) is 0.343. The Labute approximate surface area is 145 Å². The second kappa shape index (κ2) is 6.34. The Balaban J connectivity index is 1.81. The van der Waals surface area contributed by atoms with Crippen molar-refractivity contribution in [2.24, 2.45) is 5.92 Å². The van der Waals surface area contributed by atoms with Crippen LogP contribution in [0.25, 0.3) is 0 Å². The van der Waals surface area contributed by atoms with E-state index in [0.717, 1.165) is 0 Å². The average molecular weight is 346 g/mol.